The predicted octanol–water partition coefficient (Wildman–Crippen LogP) is 3.86. The van der Waals surface area contributed by atoms with E-state index in [1.165, 1.54) is 17.3 Å². The number of hydrogen-bond donors (Lipinski definition) is 1. The van der Waals surface area contributed by atoms with E-state index in [4.69, 9.17) is 4.52 Å². The first-order valence-corrected chi connectivity index (χ1v) is 12.8. The van der Waals surface area contributed by atoms with Crippen molar-refractivity contribution in [2.24, 2.45) is 0 Å². The molecule has 1 aromatic carbocycles. The van der Waals surface area contributed by atoms with E-state index in [1.807, 2.05) is 48.4 Å². The molecule has 176 valence electrons. The number of aromatic nitrogens is 2. The maximum Gasteiger partial charge on any atom is 0.276 e. The van der Waals surface area contributed by atoms with E-state index < -0.39 is 0 Å². The normalized spacial score (nSPS) is 14.9. The Balaban J connectivity index is 1.24. The van der Waals surface area contributed by atoms with E-state index in [9.17, 15) is 9.59 Å². The highest BCUT2D eigenvalue weighted by Gasteiger charge is 2.30. The molecular formula is C26H28N4O3S. The summed E-state index contributed by atoms with van der Waals surface area (Å²) >= 11 is 1.52. The van der Waals surface area contributed by atoms with Crippen LogP contribution in [0.2, 0.25) is 0 Å². The third-order valence-electron chi connectivity index (χ3n) is 6.61. The lowest BCUT2D eigenvalue weighted by molar-refractivity contribution is -0.118. The number of carbonyl (C=O) groups excluding carboxylic acids is 2. The minimum atomic E-state index is -0.0640. The summed E-state index contributed by atoms with van der Waals surface area (Å²) in [7, 11) is 0. The number of rotatable bonds is 6. The van der Waals surface area contributed by atoms with Gasteiger partial charge in [0.15, 0.2) is 5.69 Å². The summed E-state index contributed by atoms with van der Waals surface area (Å²) in [4.78, 5) is 33.1. The summed E-state index contributed by atoms with van der Waals surface area (Å²) < 4.78 is 5.45. The lowest BCUT2D eigenvalue weighted by Crippen LogP contribution is -2.37. The average Bonchev–Trinajstić information content (AvgIpc) is 3.31. The first-order valence-electron chi connectivity index (χ1n) is 11.8. The highest BCUT2D eigenvalue weighted by atomic mass is 32.2. The number of pyridine rings is 1. The topological polar surface area (TPSA) is 88.3 Å². The Bertz CT molecular complexity index is 1210. The van der Waals surface area contributed by atoms with Crippen molar-refractivity contribution in [2.75, 3.05) is 12.3 Å². The molecule has 3 aromatic rings. The molecule has 0 fully saturated rings. The van der Waals surface area contributed by atoms with Gasteiger partial charge < -0.3 is 14.7 Å². The molecule has 1 N–H and O–H groups in total. The summed E-state index contributed by atoms with van der Waals surface area (Å²) in [5, 5.41) is 7.17. The molecule has 3 heterocycles. The fourth-order valence-corrected chi connectivity index (χ4v) is 5.49. The second-order valence-corrected chi connectivity index (χ2v) is 9.87. The fourth-order valence-electron chi connectivity index (χ4n) is 4.74. The zero-order valence-electron chi connectivity index (χ0n) is 19.3. The van der Waals surface area contributed by atoms with Crippen LogP contribution in [0, 0.1) is 6.92 Å². The van der Waals surface area contributed by atoms with Crippen molar-refractivity contribution in [3.63, 3.8) is 0 Å². The minimum Gasteiger partial charge on any atom is -0.360 e. The molecule has 34 heavy (non-hydrogen) atoms. The van der Waals surface area contributed by atoms with E-state index in [1.54, 1.807) is 0 Å². The summed E-state index contributed by atoms with van der Waals surface area (Å²) in [5.41, 5.74) is 5.66. The summed E-state index contributed by atoms with van der Waals surface area (Å²) in [6.45, 7) is 3.52. The van der Waals surface area contributed by atoms with Gasteiger partial charge in [0, 0.05) is 48.4 Å². The average molecular weight is 477 g/mol. The zero-order valence-corrected chi connectivity index (χ0v) is 20.1. The Morgan fingerprint density at radius 1 is 1.12 bits per heavy atom. The van der Waals surface area contributed by atoms with Gasteiger partial charge in [0.25, 0.3) is 5.91 Å². The SMILES string of the molecule is Cc1ncc2c(c1CNC(=O)CSc1ccccc1)CCN(C(=O)c1noc3c1CCCC3)C2. The molecule has 5 rings (SSSR count). The molecule has 0 radical (unpaired) electrons. The van der Waals surface area contributed by atoms with Gasteiger partial charge in [-0.25, -0.2) is 0 Å². The molecule has 1 aliphatic heterocycles. The second kappa shape index (κ2) is 10.0. The van der Waals surface area contributed by atoms with Gasteiger partial charge in [0.1, 0.15) is 5.76 Å². The predicted molar refractivity (Wildman–Crippen MR) is 130 cm³/mol. The van der Waals surface area contributed by atoms with Gasteiger partial charge in [-0.2, -0.15) is 0 Å². The third kappa shape index (κ3) is 4.73. The maximum absolute atomic E-state index is 13.2. The summed E-state index contributed by atoms with van der Waals surface area (Å²) in [5.74, 6) is 1.17. The van der Waals surface area contributed by atoms with Crippen molar-refractivity contribution in [3.05, 3.63) is 75.9 Å². The second-order valence-electron chi connectivity index (χ2n) is 8.82. The Morgan fingerprint density at radius 3 is 2.79 bits per heavy atom. The van der Waals surface area contributed by atoms with E-state index in [0.717, 1.165) is 65.1 Å². The molecular weight excluding hydrogens is 448 g/mol. The quantitative estimate of drug-likeness (QED) is 0.544. The number of thioether (sulfide) groups is 1. The number of hydrogen-bond acceptors (Lipinski definition) is 6. The van der Waals surface area contributed by atoms with Gasteiger partial charge in [0.2, 0.25) is 5.91 Å². The smallest absolute Gasteiger partial charge is 0.276 e. The Morgan fingerprint density at radius 2 is 1.94 bits per heavy atom. The summed E-state index contributed by atoms with van der Waals surface area (Å²) in [6.07, 6.45) is 6.47. The van der Waals surface area contributed by atoms with Crippen LogP contribution in [0.3, 0.4) is 0 Å². The van der Waals surface area contributed by atoms with Gasteiger partial charge in [-0.1, -0.05) is 23.4 Å². The summed E-state index contributed by atoms with van der Waals surface area (Å²) in [6, 6.07) is 9.91. The molecule has 0 saturated heterocycles. The van der Waals surface area contributed by atoms with Gasteiger partial charge in [-0.05, 0) is 61.4 Å². The van der Waals surface area contributed by atoms with Crippen LogP contribution in [-0.4, -0.2) is 39.2 Å². The fraction of sp³-hybridized carbons (Fsp3) is 0.385. The number of amides is 2. The van der Waals surface area contributed by atoms with Crippen LogP contribution >= 0.6 is 11.8 Å². The molecule has 2 amide bonds. The molecule has 0 unspecified atom stereocenters. The van der Waals surface area contributed by atoms with E-state index in [0.29, 0.717) is 31.1 Å². The molecule has 0 atom stereocenters. The first kappa shape index (κ1) is 22.7. The molecule has 0 spiro atoms. The molecule has 7 nitrogen and oxygen atoms in total. The molecule has 2 aliphatic rings. The highest BCUT2D eigenvalue weighted by Crippen LogP contribution is 2.28. The van der Waals surface area contributed by atoms with Crippen LogP contribution in [0.15, 0.2) is 45.9 Å². The maximum atomic E-state index is 13.2. The first-order chi connectivity index (χ1) is 16.6. The van der Waals surface area contributed by atoms with Crippen LogP contribution in [-0.2, 0) is 37.1 Å². The van der Waals surface area contributed by atoms with Gasteiger partial charge in [-0.3, -0.25) is 14.6 Å². The Kier molecular flexibility index (Phi) is 6.67. The molecule has 8 heteroatoms. The number of carbonyl (C=O) groups is 2. The molecule has 0 saturated carbocycles. The van der Waals surface area contributed by atoms with Crippen molar-refractivity contribution in [1.29, 1.82) is 0 Å². The van der Waals surface area contributed by atoms with Gasteiger partial charge in [0.05, 0.1) is 5.75 Å². The van der Waals surface area contributed by atoms with Crippen molar-refractivity contribution >= 4 is 23.6 Å². The largest absolute Gasteiger partial charge is 0.360 e. The van der Waals surface area contributed by atoms with Crippen LogP contribution in [0.5, 0.6) is 0 Å². The molecule has 2 aromatic heterocycles. The molecule has 0 bridgehead atoms. The minimum absolute atomic E-state index is 0.00530. The lowest BCUT2D eigenvalue weighted by atomic mass is 9.93. The van der Waals surface area contributed by atoms with Crippen LogP contribution in [0.1, 0.15) is 57.0 Å². The number of aryl methyl sites for hydroxylation is 2. The van der Waals surface area contributed by atoms with E-state index in [-0.39, 0.29) is 11.8 Å². The standard InChI is InChI=1S/C26H28N4O3S/c1-17-22(14-28-24(31)16-34-19-7-3-2-4-8-19)20-11-12-30(15-18(20)13-27-17)26(32)25-21-9-5-6-10-23(21)33-29-25/h2-4,7-8,13H,5-6,9-12,14-16H2,1H3,(H,28,31). The van der Waals surface area contributed by atoms with Crippen molar-refractivity contribution in [2.45, 2.75) is 57.0 Å². The molecule has 1 aliphatic carbocycles. The lowest BCUT2D eigenvalue weighted by Gasteiger charge is -2.30. The Labute approximate surface area is 203 Å². The van der Waals surface area contributed by atoms with Crippen LogP contribution in [0.4, 0.5) is 0 Å². The van der Waals surface area contributed by atoms with Gasteiger partial charge in [-0.15, -0.1) is 11.8 Å². The number of benzene rings is 1. The van der Waals surface area contributed by atoms with E-state index >= 15 is 0 Å². The van der Waals surface area contributed by atoms with Crippen LogP contribution < -0.4 is 5.32 Å². The van der Waals surface area contributed by atoms with Crippen LogP contribution in [0.25, 0.3) is 0 Å². The Hall–Kier alpha value is -3.13. The zero-order chi connectivity index (χ0) is 23.5. The van der Waals surface area contributed by atoms with Crippen molar-refractivity contribution < 1.29 is 14.1 Å². The van der Waals surface area contributed by atoms with Crippen molar-refractivity contribution in [3.8, 4) is 0 Å². The number of fused-ring (bicyclic) bond motifs is 2. The number of nitrogens with zero attached hydrogens (tertiary/aromatic N) is 3. The third-order valence-corrected chi connectivity index (χ3v) is 7.62. The van der Waals surface area contributed by atoms with Gasteiger partial charge >= 0.3 is 0 Å². The highest BCUT2D eigenvalue weighted by molar-refractivity contribution is 8.00. The van der Waals surface area contributed by atoms with Crippen molar-refractivity contribution in [1.82, 2.24) is 20.4 Å². The van der Waals surface area contributed by atoms with E-state index in [2.05, 4.69) is 15.5 Å². The number of nitrogens with one attached hydrogen (secondary N) is 1. The monoisotopic (exact) mass is 476 g/mol.